The van der Waals surface area contributed by atoms with Crippen LogP contribution in [0.25, 0.3) is 0 Å². The van der Waals surface area contributed by atoms with Crippen LogP contribution in [0.15, 0.2) is 24.3 Å². The minimum Gasteiger partial charge on any atom is -0.497 e. The van der Waals surface area contributed by atoms with Crippen LogP contribution in [0.5, 0.6) is 5.75 Å². The van der Waals surface area contributed by atoms with Gasteiger partial charge in [-0.25, -0.2) is 0 Å². The van der Waals surface area contributed by atoms with Crippen molar-refractivity contribution in [2.24, 2.45) is 0 Å². The lowest BCUT2D eigenvalue weighted by Gasteiger charge is -2.41. The summed E-state index contributed by atoms with van der Waals surface area (Å²) in [4.78, 5) is 28.6. The number of rotatable bonds is 6. The van der Waals surface area contributed by atoms with Gasteiger partial charge in [-0.3, -0.25) is 9.59 Å². The summed E-state index contributed by atoms with van der Waals surface area (Å²) in [7, 11) is 1.66. The fraction of sp³-hybridized carbons (Fsp3) is 0.600. The molecule has 2 fully saturated rings. The second-order valence-electron chi connectivity index (χ2n) is 7.10. The van der Waals surface area contributed by atoms with Gasteiger partial charge in [0.2, 0.25) is 11.8 Å². The van der Waals surface area contributed by atoms with Gasteiger partial charge in [0.1, 0.15) is 5.75 Å². The smallest absolute Gasteiger partial charge is 0.236 e. The summed E-state index contributed by atoms with van der Waals surface area (Å²) in [6, 6.07) is 8.20. The average Bonchev–Trinajstić information content (AvgIpc) is 2.69. The first kappa shape index (κ1) is 18.7. The first-order valence-corrected chi connectivity index (χ1v) is 9.58. The summed E-state index contributed by atoms with van der Waals surface area (Å²) in [6.07, 6.45) is 4.28. The standard InChI is InChI=1S/C20H29N3O3/c1-26-18-9-7-16(8-10-18)4-2-6-19(24)22-12-3-5-17(15-22)23-13-11-21-14-20(23)25/h7-10,17,21H,2-6,11-15H2,1H3. The summed E-state index contributed by atoms with van der Waals surface area (Å²) >= 11 is 0. The zero-order chi connectivity index (χ0) is 18.4. The van der Waals surface area contributed by atoms with Gasteiger partial charge < -0.3 is 19.9 Å². The Balaban J connectivity index is 1.45. The van der Waals surface area contributed by atoms with E-state index < -0.39 is 0 Å². The number of nitrogens with one attached hydrogen (secondary N) is 1. The van der Waals surface area contributed by atoms with Gasteiger partial charge in [0, 0.05) is 38.6 Å². The Kier molecular flexibility index (Phi) is 6.50. The van der Waals surface area contributed by atoms with Crippen molar-refractivity contribution in [3.63, 3.8) is 0 Å². The predicted octanol–water partition coefficient (Wildman–Crippen LogP) is 1.44. The molecule has 1 unspecified atom stereocenters. The summed E-state index contributed by atoms with van der Waals surface area (Å²) in [5, 5.41) is 3.11. The summed E-state index contributed by atoms with van der Waals surface area (Å²) in [5.41, 5.74) is 1.22. The molecule has 0 aromatic heterocycles. The number of benzene rings is 1. The lowest BCUT2D eigenvalue weighted by molar-refractivity contribution is -0.140. The molecule has 2 aliphatic rings. The maximum atomic E-state index is 12.6. The second kappa shape index (κ2) is 9.03. The number of likely N-dealkylation sites (tertiary alicyclic amines) is 1. The number of hydrogen-bond donors (Lipinski definition) is 1. The fourth-order valence-corrected chi connectivity index (χ4v) is 3.84. The van der Waals surface area contributed by atoms with E-state index in [4.69, 9.17) is 4.74 Å². The van der Waals surface area contributed by atoms with E-state index in [2.05, 4.69) is 17.4 Å². The van der Waals surface area contributed by atoms with Crippen LogP contribution >= 0.6 is 0 Å². The van der Waals surface area contributed by atoms with E-state index in [0.717, 1.165) is 51.1 Å². The largest absolute Gasteiger partial charge is 0.497 e. The van der Waals surface area contributed by atoms with E-state index in [1.807, 2.05) is 21.9 Å². The number of piperazine rings is 1. The maximum Gasteiger partial charge on any atom is 0.236 e. The molecule has 1 aromatic rings. The van der Waals surface area contributed by atoms with E-state index in [1.165, 1.54) is 5.56 Å². The van der Waals surface area contributed by atoms with Gasteiger partial charge in [-0.2, -0.15) is 0 Å². The zero-order valence-electron chi connectivity index (χ0n) is 15.6. The topological polar surface area (TPSA) is 61.9 Å². The molecule has 1 N–H and O–H groups in total. The first-order valence-electron chi connectivity index (χ1n) is 9.58. The Labute approximate surface area is 155 Å². The van der Waals surface area contributed by atoms with Crippen LogP contribution in [-0.2, 0) is 16.0 Å². The highest BCUT2D eigenvalue weighted by Crippen LogP contribution is 2.19. The minimum atomic E-state index is 0.162. The van der Waals surface area contributed by atoms with Crippen molar-refractivity contribution in [3.8, 4) is 5.75 Å². The van der Waals surface area contributed by atoms with Gasteiger partial charge in [0.15, 0.2) is 0 Å². The number of piperidine rings is 1. The molecule has 3 rings (SSSR count). The van der Waals surface area contributed by atoms with Crippen molar-refractivity contribution in [2.75, 3.05) is 39.8 Å². The van der Waals surface area contributed by atoms with Crippen molar-refractivity contribution in [1.29, 1.82) is 0 Å². The predicted molar refractivity (Wildman–Crippen MR) is 100 cm³/mol. The van der Waals surface area contributed by atoms with Crippen LogP contribution in [0.4, 0.5) is 0 Å². The number of hydrogen-bond acceptors (Lipinski definition) is 4. The van der Waals surface area contributed by atoms with E-state index in [9.17, 15) is 9.59 Å². The van der Waals surface area contributed by atoms with Crippen LogP contribution in [0.2, 0.25) is 0 Å². The minimum absolute atomic E-state index is 0.162. The Morgan fingerprint density at radius 2 is 2.08 bits per heavy atom. The molecule has 0 aliphatic carbocycles. The van der Waals surface area contributed by atoms with E-state index >= 15 is 0 Å². The molecule has 2 saturated heterocycles. The third kappa shape index (κ3) is 4.75. The Bertz CT molecular complexity index is 617. The fourth-order valence-electron chi connectivity index (χ4n) is 3.84. The van der Waals surface area contributed by atoms with Gasteiger partial charge in [0.25, 0.3) is 0 Å². The maximum absolute atomic E-state index is 12.6. The number of methoxy groups -OCH3 is 1. The molecular formula is C20H29N3O3. The third-order valence-corrected chi connectivity index (χ3v) is 5.33. The number of aryl methyl sites for hydroxylation is 1. The zero-order valence-corrected chi connectivity index (χ0v) is 15.6. The molecule has 0 bridgehead atoms. The Morgan fingerprint density at radius 1 is 1.27 bits per heavy atom. The summed E-state index contributed by atoms with van der Waals surface area (Å²) in [6.45, 7) is 3.53. The molecule has 1 atom stereocenters. The average molecular weight is 359 g/mol. The van der Waals surface area contributed by atoms with E-state index in [0.29, 0.717) is 19.5 Å². The highest BCUT2D eigenvalue weighted by atomic mass is 16.5. The van der Waals surface area contributed by atoms with Crippen molar-refractivity contribution in [1.82, 2.24) is 15.1 Å². The SMILES string of the molecule is COc1ccc(CCCC(=O)N2CCCC(N3CCNCC3=O)C2)cc1. The Morgan fingerprint density at radius 3 is 2.81 bits per heavy atom. The number of carbonyl (C=O) groups is 2. The molecule has 0 saturated carbocycles. The first-order chi connectivity index (χ1) is 12.7. The van der Waals surface area contributed by atoms with E-state index in [1.54, 1.807) is 7.11 Å². The second-order valence-corrected chi connectivity index (χ2v) is 7.10. The highest BCUT2D eigenvalue weighted by molar-refractivity contribution is 5.80. The molecule has 2 amide bonds. The van der Waals surface area contributed by atoms with Crippen LogP contribution in [-0.4, -0.2) is 67.5 Å². The number of ether oxygens (including phenoxy) is 1. The van der Waals surface area contributed by atoms with Gasteiger partial charge >= 0.3 is 0 Å². The van der Waals surface area contributed by atoms with Crippen molar-refractivity contribution in [3.05, 3.63) is 29.8 Å². The summed E-state index contributed by atoms with van der Waals surface area (Å²) < 4.78 is 5.17. The molecule has 142 valence electrons. The molecule has 2 aliphatic heterocycles. The molecule has 6 heteroatoms. The van der Waals surface area contributed by atoms with E-state index in [-0.39, 0.29) is 17.9 Å². The lowest BCUT2D eigenvalue weighted by atomic mass is 10.0. The molecule has 2 heterocycles. The van der Waals surface area contributed by atoms with Crippen molar-refractivity contribution in [2.45, 2.75) is 38.1 Å². The molecular weight excluding hydrogens is 330 g/mol. The lowest BCUT2D eigenvalue weighted by Crippen LogP contribution is -2.57. The number of amides is 2. The summed E-state index contributed by atoms with van der Waals surface area (Å²) in [5.74, 6) is 1.23. The molecule has 6 nitrogen and oxygen atoms in total. The number of nitrogens with zero attached hydrogens (tertiary/aromatic N) is 2. The Hall–Kier alpha value is -2.08. The van der Waals surface area contributed by atoms with Crippen LogP contribution < -0.4 is 10.1 Å². The monoisotopic (exact) mass is 359 g/mol. The molecule has 0 radical (unpaired) electrons. The van der Waals surface area contributed by atoms with Gasteiger partial charge in [-0.05, 0) is 43.4 Å². The third-order valence-electron chi connectivity index (χ3n) is 5.33. The van der Waals surface area contributed by atoms with Crippen molar-refractivity contribution < 1.29 is 14.3 Å². The molecule has 0 spiro atoms. The quantitative estimate of drug-likeness (QED) is 0.835. The normalized spacial score (nSPS) is 21.0. The van der Waals surface area contributed by atoms with Crippen LogP contribution in [0.1, 0.15) is 31.2 Å². The highest BCUT2D eigenvalue weighted by Gasteiger charge is 2.31. The van der Waals surface area contributed by atoms with Crippen molar-refractivity contribution >= 4 is 11.8 Å². The molecule has 26 heavy (non-hydrogen) atoms. The van der Waals surface area contributed by atoms with Crippen LogP contribution in [0.3, 0.4) is 0 Å². The molecule has 1 aromatic carbocycles. The van der Waals surface area contributed by atoms with Gasteiger partial charge in [-0.15, -0.1) is 0 Å². The van der Waals surface area contributed by atoms with Gasteiger partial charge in [-0.1, -0.05) is 12.1 Å². The van der Waals surface area contributed by atoms with Crippen LogP contribution in [0, 0.1) is 0 Å². The number of carbonyl (C=O) groups excluding carboxylic acids is 2. The van der Waals surface area contributed by atoms with Gasteiger partial charge in [0.05, 0.1) is 13.7 Å².